The fourth-order valence-corrected chi connectivity index (χ4v) is 1.02. The monoisotopic (exact) mass is 261 g/mol. The van der Waals surface area contributed by atoms with E-state index in [2.05, 4.69) is 39.9 Å². The van der Waals surface area contributed by atoms with Crippen LogP contribution in [0.3, 0.4) is 0 Å². The fraction of sp³-hybridized carbons (Fsp3) is 1.00. The summed E-state index contributed by atoms with van der Waals surface area (Å²) in [6, 6.07) is 0. The Morgan fingerprint density at radius 2 is 1.28 bits per heavy atom. The summed E-state index contributed by atoms with van der Waals surface area (Å²) in [5.74, 6) is 1.55. The first-order valence-electron chi connectivity index (χ1n) is 7.50. The van der Waals surface area contributed by atoms with Gasteiger partial charge in [-0.2, -0.15) is 0 Å². The van der Waals surface area contributed by atoms with E-state index in [9.17, 15) is 0 Å². The minimum absolute atomic E-state index is 0.773. The molecular formula is C15H39N3. The van der Waals surface area contributed by atoms with Gasteiger partial charge in [0.15, 0.2) is 0 Å². The molecule has 0 aliphatic rings. The molecule has 0 aromatic heterocycles. The Morgan fingerprint density at radius 3 is 1.33 bits per heavy atom. The molecule has 0 fully saturated rings. The Morgan fingerprint density at radius 1 is 0.889 bits per heavy atom. The van der Waals surface area contributed by atoms with Gasteiger partial charge in [0.25, 0.3) is 0 Å². The van der Waals surface area contributed by atoms with E-state index in [1.54, 1.807) is 0 Å². The van der Waals surface area contributed by atoms with Crippen LogP contribution in [0.5, 0.6) is 0 Å². The number of unbranched alkanes of at least 4 members (excludes halogenated alkanes) is 1. The molecule has 0 aromatic carbocycles. The Balaban J connectivity index is -0.000000187. The summed E-state index contributed by atoms with van der Waals surface area (Å²) >= 11 is 0. The van der Waals surface area contributed by atoms with Crippen LogP contribution >= 0.6 is 0 Å². The number of nitrogens with two attached hydrogens (primary N) is 2. The molecule has 0 amide bonds. The summed E-state index contributed by atoms with van der Waals surface area (Å²) in [6.45, 7) is 13.7. The Labute approximate surface area is 116 Å². The molecule has 0 bridgehead atoms. The molecule has 5 N–H and O–H groups in total. The average Bonchev–Trinajstić information content (AvgIpc) is 2.27. The lowest BCUT2D eigenvalue weighted by molar-refractivity contribution is 0.596. The maximum atomic E-state index is 5.23. The third-order valence-electron chi connectivity index (χ3n) is 2.27. The summed E-state index contributed by atoms with van der Waals surface area (Å²) in [6.07, 6.45) is 4.90. The van der Waals surface area contributed by atoms with Gasteiger partial charge in [0.2, 0.25) is 0 Å². The van der Waals surface area contributed by atoms with Crippen molar-refractivity contribution in [1.82, 2.24) is 5.32 Å². The standard InChI is InChI=1S/3C5H13N/c2*1-5(2)3-4-6;1-3-4-5-6-2/h2*5H,3-4,6H2,1-2H3;6H,3-5H2,1-2H3. The van der Waals surface area contributed by atoms with Gasteiger partial charge < -0.3 is 16.8 Å². The van der Waals surface area contributed by atoms with Gasteiger partial charge in [-0.1, -0.05) is 41.0 Å². The lowest BCUT2D eigenvalue weighted by Crippen LogP contribution is -2.06. The Hall–Kier alpha value is -0.120. The molecule has 0 aliphatic heterocycles. The van der Waals surface area contributed by atoms with Crippen LogP contribution in [0.1, 0.15) is 60.3 Å². The smallest absolute Gasteiger partial charge is 0.00520 e. The van der Waals surface area contributed by atoms with Crippen molar-refractivity contribution < 1.29 is 0 Å². The first-order valence-corrected chi connectivity index (χ1v) is 7.50. The van der Waals surface area contributed by atoms with Crippen molar-refractivity contribution in [3.8, 4) is 0 Å². The van der Waals surface area contributed by atoms with E-state index in [1.165, 1.54) is 12.8 Å². The molecule has 0 saturated heterocycles. The molecule has 3 heteroatoms. The predicted molar refractivity (Wildman–Crippen MR) is 85.9 cm³/mol. The molecule has 18 heavy (non-hydrogen) atoms. The molecule has 114 valence electrons. The highest BCUT2D eigenvalue weighted by Gasteiger charge is 1.86. The maximum Gasteiger partial charge on any atom is -0.00520 e. The molecule has 0 unspecified atom stereocenters. The molecule has 0 aromatic rings. The summed E-state index contributed by atoms with van der Waals surface area (Å²) in [5, 5.41) is 3.07. The summed E-state index contributed by atoms with van der Waals surface area (Å²) < 4.78 is 0. The maximum absolute atomic E-state index is 5.23. The van der Waals surface area contributed by atoms with Crippen LogP contribution in [0.2, 0.25) is 0 Å². The summed E-state index contributed by atoms with van der Waals surface area (Å²) in [5.41, 5.74) is 10.5. The van der Waals surface area contributed by atoms with Gasteiger partial charge in [-0.25, -0.2) is 0 Å². The first kappa shape index (κ1) is 23.0. The molecular weight excluding hydrogens is 222 g/mol. The largest absolute Gasteiger partial charge is 0.330 e. The SMILES string of the molecule is CC(C)CCN.CC(C)CCN.CCCCNC. The second-order valence-corrected chi connectivity index (χ2v) is 5.40. The van der Waals surface area contributed by atoms with Crippen LogP contribution in [0.15, 0.2) is 0 Å². The van der Waals surface area contributed by atoms with E-state index in [0.29, 0.717) is 0 Å². The van der Waals surface area contributed by atoms with E-state index < -0.39 is 0 Å². The van der Waals surface area contributed by atoms with Crippen molar-refractivity contribution >= 4 is 0 Å². The lowest BCUT2D eigenvalue weighted by atomic mass is 10.1. The Bertz CT molecular complexity index is 100. The van der Waals surface area contributed by atoms with E-state index in [1.807, 2.05) is 7.05 Å². The van der Waals surface area contributed by atoms with Crippen molar-refractivity contribution in [1.29, 1.82) is 0 Å². The van der Waals surface area contributed by atoms with E-state index in [4.69, 9.17) is 11.5 Å². The van der Waals surface area contributed by atoms with Crippen molar-refractivity contribution in [3.05, 3.63) is 0 Å². The molecule has 0 aliphatic carbocycles. The fourth-order valence-electron chi connectivity index (χ4n) is 1.02. The number of hydrogen-bond acceptors (Lipinski definition) is 3. The second kappa shape index (κ2) is 22.1. The van der Waals surface area contributed by atoms with Gasteiger partial charge in [-0.05, 0) is 57.8 Å². The lowest BCUT2D eigenvalue weighted by Gasteiger charge is -1.96. The van der Waals surface area contributed by atoms with Crippen molar-refractivity contribution in [3.63, 3.8) is 0 Å². The van der Waals surface area contributed by atoms with Gasteiger partial charge >= 0.3 is 0 Å². The van der Waals surface area contributed by atoms with Gasteiger partial charge in [-0.3, -0.25) is 0 Å². The first-order chi connectivity index (χ1) is 8.45. The Kier molecular flexibility index (Phi) is 28.2. The molecule has 0 rings (SSSR count). The molecule has 0 spiro atoms. The number of hydrogen-bond donors (Lipinski definition) is 3. The minimum Gasteiger partial charge on any atom is -0.330 e. The molecule has 0 radical (unpaired) electrons. The molecule has 0 heterocycles. The van der Waals surface area contributed by atoms with Crippen LogP contribution in [0.25, 0.3) is 0 Å². The highest BCUT2D eigenvalue weighted by atomic mass is 14.8. The van der Waals surface area contributed by atoms with Gasteiger partial charge in [0.05, 0.1) is 0 Å². The molecule has 0 saturated carbocycles. The van der Waals surface area contributed by atoms with Crippen LogP contribution in [0.4, 0.5) is 0 Å². The third kappa shape index (κ3) is 44.6. The van der Waals surface area contributed by atoms with Crippen molar-refractivity contribution in [2.24, 2.45) is 23.3 Å². The second-order valence-electron chi connectivity index (χ2n) is 5.40. The van der Waals surface area contributed by atoms with Crippen molar-refractivity contribution in [2.45, 2.75) is 60.3 Å². The highest BCUT2D eigenvalue weighted by molar-refractivity contribution is 4.42. The van der Waals surface area contributed by atoms with Gasteiger partial charge in [0, 0.05) is 0 Å². The average molecular weight is 261 g/mol. The topological polar surface area (TPSA) is 64.1 Å². The zero-order chi connectivity index (χ0) is 14.8. The summed E-state index contributed by atoms with van der Waals surface area (Å²) in [4.78, 5) is 0. The zero-order valence-corrected chi connectivity index (χ0v) is 13.8. The number of nitrogens with one attached hydrogen (secondary N) is 1. The van der Waals surface area contributed by atoms with Gasteiger partial charge in [0.1, 0.15) is 0 Å². The van der Waals surface area contributed by atoms with Crippen LogP contribution < -0.4 is 16.8 Å². The molecule has 3 nitrogen and oxygen atoms in total. The normalized spacial score (nSPS) is 9.67. The highest BCUT2D eigenvalue weighted by Crippen LogP contribution is 1.94. The van der Waals surface area contributed by atoms with Crippen LogP contribution in [0, 0.1) is 11.8 Å². The van der Waals surface area contributed by atoms with E-state index >= 15 is 0 Å². The van der Waals surface area contributed by atoms with Crippen molar-refractivity contribution in [2.75, 3.05) is 26.7 Å². The predicted octanol–water partition coefficient (Wildman–Crippen LogP) is 2.99. The third-order valence-corrected chi connectivity index (χ3v) is 2.27. The van der Waals surface area contributed by atoms with E-state index in [0.717, 1.165) is 44.3 Å². The number of rotatable bonds is 7. The molecule has 0 atom stereocenters. The van der Waals surface area contributed by atoms with Crippen LogP contribution in [-0.2, 0) is 0 Å². The zero-order valence-electron chi connectivity index (χ0n) is 13.8. The minimum atomic E-state index is 0.773. The van der Waals surface area contributed by atoms with Gasteiger partial charge in [-0.15, -0.1) is 0 Å². The quantitative estimate of drug-likeness (QED) is 0.617. The van der Waals surface area contributed by atoms with Crippen LogP contribution in [-0.4, -0.2) is 26.7 Å². The van der Waals surface area contributed by atoms with E-state index in [-0.39, 0.29) is 0 Å². The summed E-state index contributed by atoms with van der Waals surface area (Å²) in [7, 11) is 1.98.